The van der Waals surface area contributed by atoms with Crippen molar-refractivity contribution in [3.63, 3.8) is 0 Å². The van der Waals surface area contributed by atoms with Crippen LogP contribution in [0.15, 0.2) is 42.0 Å². The number of methoxy groups -OCH3 is 2. The molecular weight excluding hydrogens is 418 g/mol. The van der Waals surface area contributed by atoms with Crippen LogP contribution >= 0.6 is 11.6 Å². The summed E-state index contributed by atoms with van der Waals surface area (Å²) < 4.78 is 17.0. The quantitative estimate of drug-likeness (QED) is 0.735. The second-order valence-corrected chi connectivity index (χ2v) is 8.50. The Morgan fingerprint density at radius 3 is 2.48 bits per heavy atom. The highest BCUT2D eigenvalue weighted by Crippen LogP contribution is 2.54. The van der Waals surface area contributed by atoms with Crippen LogP contribution in [0.1, 0.15) is 29.3 Å². The maximum absolute atomic E-state index is 14.0. The first kappa shape index (κ1) is 20.1. The summed E-state index contributed by atoms with van der Waals surface area (Å²) in [5, 5.41) is 3.59. The number of hydrogen-bond acceptors (Lipinski definition) is 6. The van der Waals surface area contributed by atoms with E-state index in [1.54, 1.807) is 6.07 Å². The second-order valence-electron chi connectivity index (χ2n) is 8.12. The molecule has 2 aromatic rings. The number of benzene rings is 2. The molecule has 5 rings (SSSR count). The summed E-state index contributed by atoms with van der Waals surface area (Å²) in [5.74, 6) is -0.327. The molecule has 31 heavy (non-hydrogen) atoms. The number of ketones is 2. The number of carbonyl (C=O) groups is 2. The van der Waals surface area contributed by atoms with Gasteiger partial charge in [-0.1, -0.05) is 48.9 Å². The van der Waals surface area contributed by atoms with Gasteiger partial charge < -0.3 is 19.5 Å². The summed E-state index contributed by atoms with van der Waals surface area (Å²) in [7, 11) is 2.93. The highest BCUT2D eigenvalue weighted by atomic mass is 35.5. The summed E-state index contributed by atoms with van der Waals surface area (Å²) >= 11 is 6.49. The van der Waals surface area contributed by atoms with Gasteiger partial charge in [-0.05, 0) is 17.6 Å². The number of Topliss-reactive ketones (excluding diaryl/α,β-unsaturated/α-hetero) is 2. The minimum atomic E-state index is -1.66. The first-order valence-electron chi connectivity index (χ1n) is 10.2. The lowest BCUT2D eigenvalue weighted by Gasteiger charge is -2.39. The number of rotatable bonds is 3. The lowest BCUT2D eigenvalue weighted by Crippen LogP contribution is -2.59. The smallest absolute Gasteiger partial charge is 0.236 e. The molecule has 3 atom stereocenters. The van der Waals surface area contributed by atoms with Crippen molar-refractivity contribution < 1.29 is 23.8 Å². The predicted octanol–water partition coefficient (Wildman–Crippen LogP) is 3.71. The van der Waals surface area contributed by atoms with E-state index in [-0.39, 0.29) is 39.8 Å². The van der Waals surface area contributed by atoms with E-state index >= 15 is 0 Å². The number of ether oxygens (including phenoxy) is 3. The van der Waals surface area contributed by atoms with Crippen LogP contribution in [0.25, 0.3) is 5.57 Å². The molecule has 0 radical (unpaired) electrons. The van der Waals surface area contributed by atoms with E-state index in [1.165, 1.54) is 14.2 Å². The Morgan fingerprint density at radius 2 is 1.81 bits per heavy atom. The second kappa shape index (κ2) is 7.11. The van der Waals surface area contributed by atoms with Gasteiger partial charge in [-0.2, -0.15) is 0 Å². The number of carbonyl (C=O) groups excluding carboxylic acids is 2. The zero-order chi connectivity index (χ0) is 21.9. The standard InChI is InChI=1S/C24H22ClNO5/c1-12-9-15-18(14(11-26-15)13-7-5-4-6-8-13)22(27)24(12)23(28)19-16(29-2)10-17(30-3)20(25)21(19)31-24/h4-8,10,12,15,26H,9,11H2,1-3H3/t12-,15?,24+/m1/s1. The molecule has 0 amide bonds. The first-order chi connectivity index (χ1) is 14.9. The molecule has 1 unspecified atom stereocenters. The van der Waals surface area contributed by atoms with Crippen molar-refractivity contribution in [2.75, 3.05) is 20.8 Å². The van der Waals surface area contributed by atoms with Gasteiger partial charge in [0.25, 0.3) is 0 Å². The normalized spacial score (nSPS) is 26.7. The Morgan fingerprint density at radius 1 is 1.10 bits per heavy atom. The van der Waals surface area contributed by atoms with E-state index in [2.05, 4.69) is 5.32 Å². The van der Waals surface area contributed by atoms with Crippen molar-refractivity contribution in [2.24, 2.45) is 5.92 Å². The maximum Gasteiger partial charge on any atom is 0.236 e. The van der Waals surface area contributed by atoms with E-state index in [4.69, 9.17) is 25.8 Å². The SMILES string of the molecule is COc1cc(OC)c2c(c1Cl)O[C@@]1(C(=O)C3=C(c4ccccc4)CNC3C[C@H]1C)C2=O. The Kier molecular flexibility index (Phi) is 4.61. The fourth-order valence-corrected chi connectivity index (χ4v) is 5.31. The monoisotopic (exact) mass is 439 g/mol. The Labute approximate surface area is 185 Å². The Hall–Kier alpha value is -2.83. The molecule has 1 fully saturated rings. The van der Waals surface area contributed by atoms with E-state index in [0.717, 1.165) is 11.1 Å². The lowest BCUT2D eigenvalue weighted by atomic mass is 9.68. The summed E-state index contributed by atoms with van der Waals surface area (Å²) in [6, 6.07) is 11.2. The number of halogens is 1. The molecule has 160 valence electrons. The van der Waals surface area contributed by atoms with Crippen LogP contribution in [0.4, 0.5) is 0 Å². The van der Waals surface area contributed by atoms with Gasteiger partial charge in [-0.3, -0.25) is 9.59 Å². The number of nitrogens with one attached hydrogen (secondary N) is 1. The van der Waals surface area contributed by atoms with Gasteiger partial charge in [0, 0.05) is 30.1 Å². The van der Waals surface area contributed by atoms with Crippen molar-refractivity contribution in [2.45, 2.75) is 25.0 Å². The molecule has 1 aliphatic carbocycles. The first-order valence-corrected chi connectivity index (χ1v) is 10.6. The third-order valence-corrected chi connectivity index (χ3v) is 6.96. The van der Waals surface area contributed by atoms with Gasteiger partial charge in [0.2, 0.25) is 17.2 Å². The van der Waals surface area contributed by atoms with Crippen molar-refractivity contribution in [1.82, 2.24) is 5.32 Å². The summed E-state index contributed by atoms with van der Waals surface area (Å²) in [6.45, 7) is 2.44. The molecule has 0 aromatic heterocycles. The molecule has 0 bridgehead atoms. The molecule has 1 spiro atoms. The fraction of sp³-hybridized carbons (Fsp3) is 0.333. The molecule has 6 nitrogen and oxygen atoms in total. The van der Waals surface area contributed by atoms with Crippen LogP contribution in [-0.2, 0) is 4.79 Å². The topological polar surface area (TPSA) is 73.9 Å². The van der Waals surface area contributed by atoms with Crippen LogP contribution in [0.3, 0.4) is 0 Å². The van der Waals surface area contributed by atoms with Gasteiger partial charge in [-0.15, -0.1) is 0 Å². The zero-order valence-electron chi connectivity index (χ0n) is 17.5. The van der Waals surface area contributed by atoms with Crippen molar-refractivity contribution in [3.05, 3.63) is 58.1 Å². The van der Waals surface area contributed by atoms with Crippen LogP contribution < -0.4 is 19.5 Å². The minimum absolute atomic E-state index is 0.115. The summed E-state index contributed by atoms with van der Waals surface area (Å²) in [6.07, 6.45) is 0.591. The molecule has 2 aromatic carbocycles. The maximum atomic E-state index is 14.0. The van der Waals surface area contributed by atoms with Gasteiger partial charge in [-0.25, -0.2) is 0 Å². The van der Waals surface area contributed by atoms with Crippen molar-refractivity contribution in [3.8, 4) is 17.2 Å². The Balaban J connectivity index is 1.68. The van der Waals surface area contributed by atoms with Crippen LogP contribution in [0.5, 0.6) is 17.2 Å². The summed E-state index contributed by atoms with van der Waals surface area (Å²) in [5.41, 5.74) is 1.02. The molecule has 3 aliphatic rings. The van der Waals surface area contributed by atoms with Gasteiger partial charge >= 0.3 is 0 Å². The van der Waals surface area contributed by atoms with Gasteiger partial charge in [0.05, 0.1) is 14.2 Å². The lowest BCUT2D eigenvalue weighted by molar-refractivity contribution is -0.131. The van der Waals surface area contributed by atoms with Crippen LogP contribution in [0, 0.1) is 5.92 Å². The average Bonchev–Trinajstić information content (AvgIpc) is 3.34. The molecule has 1 saturated carbocycles. The summed E-state index contributed by atoms with van der Waals surface area (Å²) in [4.78, 5) is 27.8. The van der Waals surface area contributed by atoms with Crippen LogP contribution in [-0.4, -0.2) is 44.0 Å². The van der Waals surface area contributed by atoms with E-state index < -0.39 is 11.4 Å². The average molecular weight is 440 g/mol. The third kappa shape index (κ3) is 2.61. The molecule has 7 heteroatoms. The van der Waals surface area contributed by atoms with Gasteiger partial charge in [0.1, 0.15) is 22.1 Å². The third-order valence-electron chi connectivity index (χ3n) is 6.60. The molecule has 2 heterocycles. The fourth-order valence-electron chi connectivity index (χ4n) is 5.04. The van der Waals surface area contributed by atoms with Crippen molar-refractivity contribution in [1.29, 1.82) is 0 Å². The van der Waals surface area contributed by atoms with E-state index in [0.29, 0.717) is 24.3 Å². The largest absolute Gasteiger partial charge is 0.496 e. The number of fused-ring (bicyclic) bond motifs is 2. The van der Waals surface area contributed by atoms with Gasteiger partial charge in [0.15, 0.2) is 5.75 Å². The highest BCUT2D eigenvalue weighted by molar-refractivity contribution is 6.36. The highest BCUT2D eigenvalue weighted by Gasteiger charge is 2.64. The van der Waals surface area contributed by atoms with Crippen LogP contribution in [0.2, 0.25) is 5.02 Å². The number of hydrogen-bond donors (Lipinski definition) is 1. The zero-order valence-corrected chi connectivity index (χ0v) is 18.2. The van der Waals surface area contributed by atoms with Crippen molar-refractivity contribution >= 4 is 28.7 Å². The van der Waals surface area contributed by atoms with E-state index in [1.807, 2.05) is 37.3 Å². The molecule has 1 N–H and O–H groups in total. The van der Waals surface area contributed by atoms with E-state index in [9.17, 15) is 9.59 Å². The predicted molar refractivity (Wildman–Crippen MR) is 116 cm³/mol. The molecule has 0 saturated heterocycles. The minimum Gasteiger partial charge on any atom is -0.496 e. The molecular formula is C24H22ClNO5. The Bertz CT molecular complexity index is 1140. The molecule has 2 aliphatic heterocycles.